The van der Waals surface area contributed by atoms with Gasteiger partial charge in [-0.25, -0.2) is 9.59 Å². The number of imide groups is 1. The van der Waals surface area contributed by atoms with Gasteiger partial charge in [0.1, 0.15) is 0 Å². The molecule has 8 nitrogen and oxygen atoms in total. The van der Waals surface area contributed by atoms with Crippen LogP contribution >= 0.6 is 0 Å². The lowest BCUT2D eigenvalue weighted by Crippen LogP contribution is -2.40. The minimum absolute atomic E-state index is 0.0581. The number of benzene rings is 1. The molecule has 8 heteroatoms. The molecule has 0 unspecified atom stereocenters. The highest BCUT2D eigenvalue weighted by molar-refractivity contribution is 6.21. The first-order chi connectivity index (χ1) is 11.5. The van der Waals surface area contributed by atoms with Gasteiger partial charge in [0.2, 0.25) is 0 Å². The van der Waals surface area contributed by atoms with Gasteiger partial charge in [-0.2, -0.15) is 5.01 Å². The van der Waals surface area contributed by atoms with Crippen LogP contribution in [-0.4, -0.2) is 42.0 Å². The second-order valence-corrected chi connectivity index (χ2v) is 4.62. The van der Waals surface area contributed by atoms with Gasteiger partial charge in [-0.3, -0.25) is 15.0 Å². The molecule has 2 rings (SSSR count). The number of hydrogen-bond donors (Lipinski definition) is 1. The molecule has 0 saturated heterocycles. The molecule has 0 spiro atoms. The number of nitrogens with one attached hydrogen (secondary N) is 1. The number of fused-ring (bicyclic) bond motifs is 1. The van der Waals surface area contributed by atoms with Gasteiger partial charge < -0.3 is 9.47 Å². The Morgan fingerprint density at radius 2 is 1.46 bits per heavy atom. The van der Waals surface area contributed by atoms with Crippen molar-refractivity contribution in [3.63, 3.8) is 0 Å². The molecule has 0 aromatic heterocycles. The van der Waals surface area contributed by atoms with Crippen LogP contribution < -0.4 is 5.43 Å². The van der Waals surface area contributed by atoms with Crippen molar-refractivity contribution in [2.75, 3.05) is 13.2 Å². The largest absolute Gasteiger partial charge is 0.462 e. The topological polar surface area (TPSA) is 102 Å². The monoisotopic (exact) mass is 332 g/mol. The van der Waals surface area contributed by atoms with Crippen LogP contribution in [0.25, 0.3) is 0 Å². The number of carbonyl (C=O) groups excluding carboxylic acids is 4. The van der Waals surface area contributed by atoms with Gasteiger partial charge in [0.15, 0.2) is 5.57 Å². The van der Waals surface area contributed by atoms with Crippen LogP contribution in [0.2, 0.25) is 0 Å². The smallest absolute Gasteiger partial charge is 0.347 e. The standard InChI is InChI=1S/C16H16N2O6/c1-3-23-15(21)12(16(22)24-4-2)9-17-18-13(19)10-7-5-6-8-11(10)14(18)20/h5-9,17H,3-4H2,1-2H3. The quantitative estimate of drug-likeness (QED) is 0.270. The maximum Gasteiger partial charge on any atom is 0.347 e. The molecule has 1 heterocycles. The molecule has 1 aliphatic rings. The first-order valence-corrected chi connectivity index (χ1v) is 7.29. The van der Waals surface area contributed by atoms with Crippen LogP contribution in [0.1, 0.15) is 34.6 Å². The van der Waals surface area contributed by atoms with Gasteiger partial charge in [-0.1, -0.05) is 12.1 Å². The van der Waals surface area contributed by atoms with E-state index in [4.69, 9.17) is 9.47 Å². The highest BCUT2D eigenvalue weighted by Gasteiger charge is 2.35. The van der Waals surface area contributed by atoms with Crippen molar-refractivity contribution < 1.29 is 28.7 Å². The molecule has 2 amide bonds. The number of hydrazine groups is 1. The first-order valence-electron chi connectivity index (χ1n) is 7.29. The normalized spacial score (nSPS) is 12.5. The Balaban J connectivity index is 2.23. The maximum atomic E-state index is 12.2. The zero-order chi connectivity index (χ0) is 17.7. The average Bonchev–Trinajstić information content (AvgIpc) is 2.81. The van der Waals surface area contributed by atoms with E-state index in [1.54, 1.807) is 26.0 Å². The summed E-state index contributed by atoms with van der Waals surface area (Å²) >= 11 is 0. The van der Waals surface area contributed by atoms with E-state index in [0.717, 1.165) is 6.20 Å². The fourth-order valence-electron chi connectivity index (χ4n) is 2.05. The fourth-order valence-corrected chi connectivity index (χ4v) is 2.05. The number of nitrogens with zero attached hydrogens (tertiary/aromatic N) is 1. The van der Waals surface area contributed by atoms with Gasteiger partial charge in [0, 0.05) is 6.20 Å². The van der Waals surface area contributed by atoms with E-state index in [2.05, 4.69) is 5.43 Å². The fraction of sp³-hybridized carbons (Fsp3) is 0.250. The van der Waals surface area contributed by atoms with E-state index in [0.29, 0.717) is 5.01 Å². The third-order valence-corrected chi connectivity index (χ3v) is 3.12. The predicted octanol–water partition coefficient (Wildman–Crippen LogP) is 0.797. The highest BCUT2D eigenvalue weighted by atomic mass is 16.6. The van der Waals surface area contributed by atoms with Crippen molar-refractivity contribution in [1.29, 1.82) is 0 Å². The lowest BCUT2D eigenvalue weighted by molar-refractivity contribution is -0.146. The molecule has 126 valence electrons. The number of ether oxygens (including phenoxy) is 2. The Morgan fingerprint density at radius 3 is 1.88 bits per heavy atom. The molecular weight excluding hydrogens is 316 g/mol. The molecule has 0 saturated carbocycles. The van der Waals surface area contributed by atoms with Gasteiger partial charge in [-0.15, -0.1) is 0 Å². The number of rotatable bonds is 6. The van der Waals surface area contributed by atoms with Gasteiger partial charge >= 0.3 is 11.9 Å². The van der Waals surface area contributed by atoms with Crippen LogP contribution in [0.15, 0.2) is 36.0 Å². The van der Waals surface area contributed by atoms with Gasteiger partial charge in [0.05, 0.1) is 24.3 Å². The van der Waals surface area contributed by atoms with Crippen LogP contribution in [0, 0.1) is 0 Å². The van der Waals surface area contributed by atoms with Crippen LogP contribution in [0.4, 0.5) is 0 Å². The lowest BCUT2D eigenvalue weighted by atomic mass is 10.1. The second kappa shape index (κ2) is 7.40. The summed E-state index contributed by atoms with van der Waals surface area (Å²) in [6.45, 7) is 3.28. The molecule has 1 aromatic rings. The minimum atomic E-state index is -0.917. The zero-order valence-corrected chi connectivity index (χ0v) is 13.2. The van der Waals surface area contributed by atoms with E-state index in [-0.39, 0.29) is 24.3 Å². The van der Waals surface area contributed by atoms with E-state index in [1.807, 2.05) is 0 Å². The second-order valence-electron chi connectivity index (χ2n) is 4.62. The Hall–Kier alpha value is -3.16. The van der Waals surface area contributed by atoms with Gasteiger partial charge in [0.25, 0.3) is 11.8 Å². The van der Waals surface area contributed by atoms with Crippen LogP contribution in [0.5, 0.6) is 0 Å². The predicted molar refractivity (Wildman–Crippen MR) is 81.4 cm³/mol. The van der Waals surface area contributed by atoms with Crippen molar-refractivity contribution >= 4 is 23.8 Å². The first kappa shape index (κ1) is 17.2. The number of carbonyl (C=O) groups is 4. The van der Waals surface area contributed by atoms with Crippen LogP contribution in [-0.2, 0) is 19.1 Å². The summed E-state index contributed by atoms with van der Waals surface area (Å²) in [5.74, 6) is -3.00. The number of amides is 2. The molecule has 0 atom stereocenters. The van der Waals surface area contributed by atoms with Crippen LogP contribution in [0.3, 0.4) is 0 Å². The number of hydrogen-bond acceptors (Lipinski definition) is 7. The van der Waals surface area contributed by atoms with Gasteiger partial charge in [-0.05, 0) is 26.0 Å². The van der Waals surface area contributed by atoms with Crippen molar-refractivity contribution in [2.24, 2.45) is 0 Å². The maximum absolute atomic E-state index is 12.2. The molecule has 1 aromatic carbocycles. The highest BCUT2D eigenvalue weighted by Crippen LogP contribution is 2.20. The lowest BCUT2D eigenvalue weighted by Gasteiger charge is -2.14. The Kier molecular flexibility index (Phi) is 5.31. The van der Waals surface area contributed by atoms with Crippen molar-refractivity contribution in [2.45, 2.75) is 13.8 Å². The molecule has 0 bridgehead atoms. The molecular formula is C16H16N2O6. The summed E-state index contributed by atoms with van der Waals surface area (Å²) in [6, 6.07) is 6.29. The summed E-state index contributed by atoms with van der Waals surface area (Å²) in [5, 5.41) is 0.711. The molecule has 0 fully saturated rings. The van der Waals surface area contributed by atoms with E-state index >= 15 is 0 Å². The summed E-state index contributed by atoms with van der Waals surface area (Å²) in [6.07, 6.45) is 0.928. The zero-order valence-electron chi connectivity index (χ0n) is 13.2. The molecule has 1 aliphatic heterocycles. The number of esters is 2. The summed E-state index contributed by atoms with van der Waals surface area (Å²) in [7, 11) is 0. The van der Waals surface area contributed by atoms with Crippen molar-refractivity contribution in [3.05, 3.63) is 47.2 Å². The summed E-state index contributed by atoms with van der Waals surface area (Å²) in [4.78, 5) is 48.0. The molecule has 1 N–H and O–H groups in total. The minimum Gasteiger partial charge on any atom is -0.462 e. The summed E-state index contributed by atoms with van der Waals surface area (Å²) in [5.41, 5.74) is 2.40. The van der Waals surface area contributed by atoms with Crippen molar-refractivity contribution in [1.82, 2.24) is 10.4 Å². The third-order valence-electron chi connectivity index (χ3n) is 3.12. The Morgan fingerprint density at radius 1 is 1.00 bits per heavy atom. The van der Waals surface area contributed by atoms with E-state index in [9.17, 15) is 19.2 Å². The molecule has 24 heavy (non-hydrogen) atoms. The third kappa shape index (κ3) is 3.27. The average molecular weight is 332 g/mol. The Labute approximate surface area is 138 Å². The Bertz CT molecular complexity index is 670. The summed E-state index contributed by atoms with van der Waals surface area (Å²) < 4.78 is 9.53. The molecule has 0 aliphatic carbocycles. The van der Waals surface area contributed by atoms with E-state index < -0.39 is 29.3 Å². The van der Waals surface area contributed by atoms with E-state index in [1.165, 1.54) is 12.1 Å². The molecule has 0 radical (unpaired) electrons. The SMILES string of the molecule is CCOC(=O)C(=CNN1C(=O)c2ccccc2C1=O)C(=O)OCC. The van der Waals surface area contributed by atoms with Crippen molar-refractivity contribution in [3.8, 4) is 0 Å².